The van der Waals surface area contributed by atoms with E-state index in [-0.39, 0.29) is 12.0 Å². The van der Waals surface area contributed by atoms with Crippen molar-refractivity contribution < 1.29 is 9.53 Å². The number of ether oxygens (including phenoxy) is 1. The normalized spacial score (nSPS) is 26.9. The molecule has 2 N–H and O–H groups in total. The van der Waals surface area contributed by atoms with Gasteiger partial charge >= 0.3 is 5.97 Å². The summed E-state index contributed by atoms with van der Waals surface area (Å²) in [6.45, 7) is 8.18. The maximum Gasteiger partial charge on any atom is 0.323 e. The number of likely N-dealkylation sites (tertiary alicyclic amines) is 1. The Bertz CT molecular complexity index is 258. The van der Waals surface area contributed by atoms with Crippen molar-refractivity contribution in [2.45, 2.75) is 58.5 Å². The smallest absolute Gasteiger partial charge is 0.323 e. The van der Waals surface area contributed by atoms with Crippen LogP contribution in [0.2, 0.25) is 0 Å². The van der Waals surface area contributed by atoms with E-state index < -0.39 is 0 Å². The summed E-state index contributed by atoms with van der Waals surface area (Å²) >= 11 is 0. The van der Waals surface area contributed by atoms with Gasteiger partial charge in [-0.25, -0.2) is 0 Å². The van der Waals surface area contributed by atoms with Crippen molar-refractivity contribution in [3.8, 4) is 0 Å². The molecule has 0 aliphatic carbocycles. The molecule has 1 fully saturated rings. The number of piperidine rings is 1. The molecule has 1 saturated heterocycles. The Morgan fingerprint density at radius 3 is 2.67 bits per heavy atom. The largest absolute Gasteiger partial charge is 0.465 e. The van der Waals surface area contributed by atoms with E-state index in [0.29, 0.717) is 19.2 Å². The number of carbonyl (C=O) groups is 1. The summed E-state index contributed by atoms with van der Waals surface area (Å²) in [6.07, 6.45) is 4.29. The van der Waals surface area contributed by atoms with Gasteiger partial charge in [0, 0.05) is 12.6 Å². The second-order valence-electron chi connectivity index (χ2n) is 5.10. The molecular weight excluding hydrogens is 228 g/mol. The van der Waals surface area contributed by atoms with E-state index in [1.54, 1.807) is 0 Å². The summed E-state index contributed by atoms with van der Waals surface area (Å²) in [7, 11) is 0. The second-order valence-corrected chi connectivity index (χ2v) is 5.10. The van der Waals surface area contributed by atoms with E-state index in [0.717, 1.165) is 25.3 Å². The summed E-state index contributed by atoms with van der Waals surface area (Å²) in [4.78, 5) is 14.2. The zero-order chi connectivity index (χ0) is 13.5. The molecule has 0 aromatic rings. The Labute approximate surface area is 111 Å². The minimum Gasteiger partial charge on any atom is -0.465 e. The molecule has 1 heterocycles. The lowest BCUT2D eigenvalue weighted by atomic mass is 9.87. The molecule has 106 valence electrons. The molecule has 0 spiro atoms. The highest BCUT2D eigenvalue weighted by molar-refractivity contribution is 5.75. The number of hydrogen-bond acceptors (Lipinski definition) is 4. The third-order valence-corrected chi connectivity index (χ3v) is 4.07. The third kappa shape index (κ3) is 3.69. The van der Waals surface area contributed by atoms with Gasteiger partial charge in [0.05, 0.1) is 6.61 Å². The average molecular weight is 256 g/mol. The fourth-order valence-corrected chi connectivity index (χ4v) is 2.94. The third-order valence-electron chi connectivity index (χ3n) is 4.07. The molecule has 1 rings (SSSR count). The van der Waals surface area contributed by atoms with Crippen molar-refractivity contribution in [2.24, 2.45) is 11.7 Å². The number of rotatable bonds is 6. The topological polar surface area (TPSA) is 55.6 Å². The van der Waals surface area contributed by atoms with Gasteiger partial charge in [-0.15, -0.1) is 0 Å². The van der Waals surface area contributed by atoms with Gasteiger partial charge in [0.1, 0.15) is 6.04 Å². The molecular formula is C14H28N2O2. The minimum absolute atomic E-state index is 0.0894. The number of carbonyl (C=O) groups excluding carboxylic acids is 1. The Hall–Kier alpha value is -0.610. The van der Waals surface area contributed by atoms with Crippen LogP contribution in [0.5, 0.6) is 0 Å². The molecule has 0 bridgehead atoms. The highest BCUT2D eigenvalue weighted by atomic mass is 16.5. The highest BCUT2D eigenvalue weighted by Crippen LogP contribution is 2.27. The summed E-state index contributed by atoms with van der Waals surface area (Å²) < 4.78 is 5.17. The van der Waals surface area contributed by atoms with Crippen molar-refractivity contribution in [3.05, 3.63) is 0 Å². The Kier molecular flexibility index (Phi) is 6.65. The van der Waals surface area contributed by atoms with Crippen molar-refractivity contribution in [1.82, 2.24) is 4.90 Å². The lowest BCUT2D eigenvalue weighted by molar-refractivity contribution is -0.151. The van der Waals surface area contributed by atoms with Crippen LogP contribution < -0.4 is 5.73 Å². The van der Waals surface area contributed by atoms with E-state index >= 15 is 0 Å². The number of nitrogens with zero attached hydrogens (tertiary/aromatic N) is 1. The van der Waals surface area contributed by atoms with Crippen LogP contribution in [0.4, 0.5) is 0 Å². The van der Waals surface area contributed by atoms with Crippen LogP contribution in [0.3, 0.4) is 0 Å². The van der Waals surface area contributed by atoms with Gasteiger partial charge in [-0.2, -0.15) is 0 Å². The maximum absolute atomic E-state index is 12.0. The number of hydrogen-bond donors (Lipinski definition) is 1. The standard InChI is InChI=1S/C14H28N2O2/c1-4-11-7-8-16(12(9-11)10-15)13(5-2)14(17)18-6-3/h11-13H,4-10,15H2,1-3H3. The molecule has 3 unspecified atom stereocenters. The van der Waals surface area contributed by atoms with E-state index in [1.165, 1.54) is 12.8 Å². The molecule has 0 aromatic carbocycles. The van der Waals surface area contributed by atoms with E-state index in [1.807, 2.05) is 13.8 Å². The zero-order valence-electron chi connectivity index (χ0n) is 12.0. The predicted molar refractivity (Wildman–Crippen MR) is 73.3 cm³/mol. The molecule has 0 radical (unpaired) electrons. The number of nitrogens with two attached hydrogens (primary N) is 1. The Morgan fingerprint density at radius 2 is 2.17 bits per heavy atom. The van der Waals surface area contributed by atoms with E-state index in [9.17, 15) is 4.79 Å². The van der Waals surface area contributed by atoms with Crippen LogP contribution in [0.25, 0.3) is 0 Å². The van der Waals surface area contributed by atoms with Crippen LogP contribution in [-0.4, -0.2) is 42.6 Å². The molecule has 4 heteroatoms. The summed E-state index contributed by atoms with van der Waals surface area (Å²) in [5.74, 6) is 0.669. The molecule has 1 aliphatic heterocycles. The molecule has 4 nitrogen and oxygen atoms in total. The van der Waals surface area contributed by atoms with Crippen molar-refractivity contribution in [2.75, 3.05) is 19.7 Å². The molecule has 3 atom stereocenters. The molecule has 0 aromatic heterocycles. The molecule has 0 amide bonds. The maximum atomic E-state index is 12.0. The minimum atomic E-state index is -0.115. The van der Waals surface area contributed by atoms with Gasteiger partial charge < -0.3 is 10.5 Å². The SMILES string of the molecule is CCOC(=O)C(CC)N1CCC(CC)CC1CN. The Balaban J connectivity index is 2.69. The van der Waals surface area contributed by atoms with Crippen molar-refractivity contribution in [3.63, 3.8) is 0 Å². The summed E-state index contributed by atoms with van der Waals surface area (Å²) in [5, 5.41) is 0. The van der Waals surface area contributed by atoms with Crippen LogP contribution in [-0.2, 0) is 9.53 Å². The summed E-state index contributed by atoms with van der Waals surface area (Å²) in [6, 6.07) is 0.217. The Morgan fingerprint density at radius 1 is 1.44 bits per heavy atom. The highest BCUT2D eigenvalue weighted by Gasteiger charge is 2.34. The first-order chi connectivity index (χ1) is 8.67. The molecule has 1 aliphatic rings. The van der Waals surface area contributed by atoms with Crippen LogP contribution in [0.1, 0.15) is 46.5 Å². The van der Waals surface area contributed by atoms with E-state index in [2.05, 4.69) is 11.8 Å². The summed E-state index contributed by atoms with van der Waals surface area (Å²) in [5.41, 5.74) is 5.88. The predicted octanol–water partition coefficient (Wildman–Crippen LogP) is 1.78. The average Bonchev–Trinajstić information content (AvgIpc) is 2.40. The van der Waals surface area contributed by atoms with Gasteiger partial charge in [-0.05, 0) is 38.6 Å². The van der Waals surface area contributed by atoms with Gasteiger partial charge in [-0.3, -0.25) is 9.69 Å². The van der Waals surface area contributed by atoms with Crippen LogP contribution >= 0.6 is 0 Å². The quantitative estimate of drug-likeness (QED) is 0.736. The molecule has 0 saturated carbocycles. The van der Waals surface area contributed by atoms with Gasteiger partial charge in [-0.1, -0.05) is 20.3 Å². The zero-order valence-corrected chi connectivity index (χ0v) is 12.0. The monoisotopic (exact) mass is 256 g/mol. The fraction of sp³-hybridized carbons (Fsp3) is 0.929. The number of esters is 1. The van der Waals surface area contributed by atoms with Crippen LogP contribution in [0, 0.1) is 5.92 Å². The lowest BCUT2D eigenvalue weighted by Crippen LogP contribution is -2.54. The van der Waals surface area contributed by atoms with E-state index in [4.69, 9.17) is 10.5 Å². The van der Waals surface area contributed by atoms with Gasteiger partial charge in [0.15, 0.2) is 0 Å². The first kappa shape index (κ1) is 15.4. The first-order valence-corrected chi connectivity index (χ1v) is 7.30. The second kappa shape index (κ2) is 7.74. The van der Waals surface area contributed by atoms with Gasteiger partial charge in [0.25, 0.3) is 0 Å². The lowest BCUT2D eigenvalue weighted by Gasteiger charge is -2.42. The first-order valence-electron chi connectivity index (χ1n) is 7.30. The van der Waals surface area contributed by atoms with Crippen LogP contribution in [0.15, 0.2) is 0 Å². The van der Waals surface area contributed by atoms with Crippen molar-refractivity contribution >= 4 is 5.97 Å². The van der Waals surface area contributed by atoms with Crippen molar-refractivity contribution in [1.29, 1.82) is 0 Å². The van der Waals surface area contributed by atoms with Gasteiger partial charge in [0.2, 0.25) is 0 Å². The molecule has 18 heavy (non-hydrogen) atoms. The fourth-order valence-electron chi connectivity index (χ4n) is 2.94.